The molecule has 0 aromatic rings. The van der Waals surface area contributed by atoms with Gasteiger partial charge in [-0.15, -0.1) is 0 Å². The number of nitrogens with one attached hydrogen (secondary N) is 1. The Morgan fingerprint density at radius 1 is 0.343 bits per heavy atom. The molecule has 0 rings (SSSR count). The fourth-order valence-electron chi connectivity index (χ4n) is 9.68. The van der Waals surface area contributed by atoms with Gasteiger partial charge in [0.25, 0.3) is 0 Å². The van der Waals surface area contributed by atoms with Crippen molar-refractivity contribution in [3.63, 3.8) is 0 Å². The molecule has 3 N–H and O–H groups in total. The van der Waals surface area contributed by atoms with E-state index in [1.165, 1.54) is 270 Å². The first-order chi connectivity index (χ1) is 34.7. The van der Waals surface area contributed by atoms with Crippen molar-refractivity contribution in [1.29, 1.82) is 0 Å². The molecule has 0 aliphatic carbocycles. The molecule has 4 nitrogen and oxygen atoms in total. The van der Waals surface area contributed by atoms with E-state index in [1.54, 1.807) is 6.08 Å². The molecular formula is C66H123NO3. The lowest BCUT2D eigenvalue weighted by atomic mass is 10.0. The van der Waals surface area contributed by atoms with Gasteiger partial charge in [0.2, 0.25) is 5.91 Å². The summed E-state index contributed by atoms with van der Waals surface area (Å²) in [6.07, 6.45) is 87.0. The maximum Gasteiger partial charge on any atom is 0.220 e. The molecule has 0 aromatic carbocycles. The molecule has 0 saturated carbocycles. The Labute approximate surface area is 438 Å². The van der Waals surface area contributed by atoms with Crippen LogP contribution in [0.5, 0.6) is 0 Å². The van der Waals surface area contributed by atoms with Crippen LogP contribution in [0.3, 0.4) is 0 Å². The normalized spacial score (nSPS) is 13.1. The topological polar surface area (TPSA) is 69.6 Å². The summed E-state index contributed by atoms with van der Waals surface area (Å²) in [4.78, 5) is 12.5. The highest BCUT2D eigenvalue weighted by molar-refractivity contribution is 5.76. The minimum Gasteiger partial charge on any atom is -0.394 e. The molecule has 0 aliphatic rings. The molecule has 0 heterocycles. The van der Waals surface area contributed by atoms with Gasteiger partial charge < -0.3 is 15.5 Å². The third-order valence-electron chi connectivity index (χ3n) is 14.5. The van der Waals surface area contributed by atoms with E-state index < -0.39 is 12.1 Å². The zero-order valence-electron chi connectivity index (χ0n) is 47.3. The molecule has 0 fully saturated rings. The number of aliphatic hydroxyl groups is 2. The molecule has 2 atom stereocenters. The molecule has 0 aromatic heterocycles. The lowest BCUT2D eigenvalue weighted by molar-refractivity contribution is -0.123. The average molecular weight is 979 g/mol. The molecule has 0 saturated heterocycles. The number of carbonyl (C=O) groups is 1. The molecule has 0 aliphatic heterocycles. The number of carbonyl (C=O) groups excluding carboxylic acids is 1. The van der Waals surface area contributed by atoms with E-state index in [1.807, 2.05) is 6.08 Å². The van der Waals surface area contributed by atoms with Gasteiger partial charge in [0, 0.05) is 6.42 Å². The largest absolute Gasteiger partial charge is 0.394 e. The Morgan fingerprint density at radius 3 is 0.929 bits per heavy atom. The lowest BCUT2D eigenvalue weighted by Gasteiger charge is -2.19. The van der Waals surface area contributed by atoms with Crippen molar-refractivity contribution in [2.75, 3.05) is 6.61 Å². The molecule has 0 bridgehead atoms. The average Bonchev–Trinajstić information content (AvgIpc) is 3.36. The molecule has 4 heteroatoms. The molecule has 0 radical (unpaired) electrons. The van der Waals surface area contributed by atoms with Crippen molar-refractivity contribution < 1.29 is 15.0 Å². The van der Waals surface area contributed by atoms with Crippen LogP contribution in [-0.4, -0.2) is 34.9 Å². The van der Waals surface area contributed by atoms with Crippen LogP contribution < -0.4 is 5.32 Å². The number of hydrogen-bond acceptors (Lipinski definition) is 3. The molecule has 1 amide bonds. The van der Waals surface area contributed by atoms with Gasteiger partial charge >= 0.3 is 0 Å². The van der Waals surface area contributed by atoms with E-state index in [4.69, 9.17) is 0 Å². The highest BCUT2D eigenvalue weighted by Gasteiger charge is 2.18. The number of allylic oxidation sites excluding steroid dienone is 9. The number of aliphatic hydroxyl groups excluding tert-OH is 2. The van der Waals surface area contributed by atoms with E-state index in [9.17, 15) is 15.0 Å². The quantitative estimate of drug-likeness (QED) is 0.0420. The summed E-state index contributed by atoms with van der Waals surface area (Å²) in [5, 5.41) is 23.2. The Bertz CT molecular complexity index is 1150. The number of amides is 1. The van der Waals surface area contributed by atoms with Crippen LogP contribution in [0, 0.1) is 0 Å². The van der Waals surface area contributed by atoms with Crippen molar-refractivity contribution in [3.8, 4) is 0 Å². The van der Waals surface area contributed by atoms with Gasteiger partial charge in [-0.05, 0) is 70.6 Å². The van der Waals surface area contributed by atoms with Crippen molar-refractivity contribution in [2.24, 2.45) is 0 Å². The Hall–Kier alpha value is -1.91. The van der Waals surface area contributed by atoms with Crippen LogP contribution in [-0.2, 0) is 4.79 Å². The van der Waals surface area contributed by atoms with Crippen LogP contribution in [0.15, 0.2) is 60.8 Å². The standard InChI is InChI=1S/C66H123NO3/c1-3-5-7-9-11-13-15-17-19-21-23-25-27-29-31-32-33-34-36-37-39-41-43-45-47-49-51-53-55-57-59-61-65(69)64(63-68)67-66(70)62-60-58-56-54-52-50-48-46-44-42-40-38-35-30-28-26-24-22-20-18-16-14-12-10-8-6-4-2/h16,18,22,24,28,30,51,53,59,61,64-65,68-69H,3-15,17,19-21,23,25-27,29,31-50,52,54-58,60,62-63H2,1-2H3,(H,67,70)/b18-16-,24-22-,30-28-,53-51+,61-59+. The Kier molecular flexibility index (Phi) is 59.7. The monoisotopic (exact) mass is 978 g/mol. The van der Waals surface area contributed by atoms with Gasteiger partial charge in [-0.2, -0.15) is 0 Å². The third-order valence-corrected chi connectivity index (χ3v) is 14.5. The lowest BCUT2D eigenvalue weighted by Crippen LogP contribution is -2.45. The Morgan fingerprint density at radius 2 is 0.600 bits per heavy atom. The first-order valence-electron chi connectivity index (χ1n) is 31.5. The van der Waals surface area contributed by atoms with E-state index >= 15 is 0 Å². The SMILES string of the molecule is CCCCCCC/C=C\C/C=C\C/C=C\CCCCCCCCCCCCCCC(=O)NC(CO)C(O)/C=C/CC/C=C/CCCCCCCCCCCCCCCCCCCCCCCCCCC. The summed E-state index contributed by atoms with van der Waals surface area (Å²) in [6.45, 7) is 4.32. The van der Waals surface area contributed by atoms with E-state index in [-0.39, 0.29) is 12.5 Å². The van der Waals surface area contributed by atoms with Gasteiger partial charge in [-0.25, -0.2) is 0 Å². The molecule has 70 heavy (non-hydrogen) atoms. The summed E-state index contributed by atoms with van der Waals surface area (Å²) in [6, 6.07) is -0.644. The fraction of sp³-hybridized carbons (Fsp3) is 0.833. The summed E-state index contributed by atoms with van der Waals surface area (Å²) >= 11 is 0. The second-order valence-electron chi connectivity index (χ2n) is 21.5. The van der Waals surface area contributed by atoms with Crippen LogP contribution in [0.1, 0.15) is 335 Å². The number of hydrogen-bond donors (Lipinski definition) is 3. The fourth-order valence-corrected chi connectivity index (χ4v) is 9.68. The first kappa shape index (κ1) is 68.1. The zero-order valence-corrected chi connectivity index (χ0v) is 47.3. The van der Waals surface area contributed by atoms with Crippen molar-refractivity contribution in [2.45, 2.75) is 347 Å². The predicted octanol–water partition coefficient (Wildman–Crippen LogP) is 21.2. The van der Waals surface area contributed by atoms with Gasteiger partial charge in [0.05, 0.1) is 18.8 Å². The van der Waals surface area contributed by atoms with Gasteiger partial charge in [-0.1, -0.05) is 319 Å². The number of rotatable bonds is 58. The van der Waals surface area contributed by atoms with Crippen molar-refractivity contribution in [1.82, 2.24) is 5.32 Å². The van der Waals surface area contributed by atoms with Gasteiger partial charge in [0.15, 0.2) is 0 Å². The first-order valence-corrected chi connectivity index (χ1v) is 31.5. The van der Waals surface area contributed by atoms with Crippen LogP contribution in [0.2, 0.25) is 0 Å². The van der Waals surface area contributed by atoms with Gasteiger partial charge in [-0.3, -0.25) is 4.79 Å². The third kappa shape index (κ3) is 57.0. The van der Waals surface area contributed by atoms with Crippen molar-refractivity contribution in [3.05, 3.63) is 60.8 Å². The second kappa shape index (κ2) is 61.4. The Balaban J connectivity index is 3.51. The molecule has 0 spiro atoms. The minimum absolute atomic E-state index is 0.0732. The highest BCUT2D eigenvalue weighted by atomic mass is 16.3. The van der Waals surface area contributed by atoms with Crippen molar-refractivity contribution >= 4 is 5.91 Å². The van der Waals surface area contributed by atoms with Gasteiger partial charge in [0.1, 0.15) is 0 Å². The highest BCUT2D eigenvalue weighted by Crippen LogP contribution is 2.17. The molecule has 2 unspecified atom stereocenters. The van der Waals surface area contributed by atoms with E-state index in [2.05, 4.69) is 67.8 Å². The maximum absolute atomic E-state index is 12.5. The van der Waals surface area contributed by atoms with E-state index in [0.717, 1.165) is 44.9 Å². The van der Waals surface area contributed by atoms with Crippen LogP contribution >= 0.6 is 0 Å². The predicted molar refractivity (Wildman–Crippen MR) is 313 cm³/mol. The smallest absolute Gasteiger partial charge is 0.220 e. The zero-order chi connectivity index (χ0) is 50.6. The summed E-state index contributed by atoms with van der Waals surface area (Å²) < 4.78 is 0. The summed E-state index contributed by atoms with van der Waals surface area (Å²) in [5.41, 5.74) is 0. The maximum atomic E-state index is 12.5. The van der Waals surface area contributed by atoms with Crippen LogP contribution in [0.4, 0.5) is 0 Å². The van der Waals surface area contributed by atoms with E-state index in [0.29, 0.717) is 6.42 Å². The summed E-state index contributed by atoms with van der Waals surface area (Å²) in [5.74, 6) is -0.0732. The second-order valence-corrected chi connectivity index (χ2v) is 21.5. The summed E-state index contributed by atoms with van der Waals surface area (Å²) in [7, 11) is 0. The molecular weight excluding hydrogens is 855 g/mol. The molecule has 410 valence electrons. The number of unbranched alkanes of at least 4 members (excludes halogenated alkanes) is 43. The minimum atomic E-state index is -0.867. The van der Waals surface area contributed by atoms with Crippen LogP contribution in [0.25, 0.3) is 0 Å².